The van der Waals surface area contributed by atoms with Crippen LogP contribution in [-0.2, 0) is 16.0 Å². The van der Waals surface area contributed by atoms with Gasteiger partial charge in [0.25, 0.3) is 0 Å². The first-order valence-electron chi connectivity index (χ1n) is 9.60. The first-order chi connectivity index (χ1) is 12.3. The van der Waals surface area contributed by atoms with Crippen LogP contribution in [0.5, 0.6) is 0 Å². The Morgan fingerprint density at radius 1 is 1.35 bits per heavy atom. The lowest BCUT2D eigenvalue weighted by Crippen LogP contribution is -2.47. The summed E-state index contributed by atoms with van der Waals surface area (Å²) < 4.78 is 10.9. The van der Waals surface area contributed by atoms with Gasteiger partial charge in [0.05, 0.1) is 18.6 Å². The molecule has 26 heavy (non-hydrogen) atoms. The topological polar surface area (TPSA) is 71.8 Å². The van der Waals surface area contributed by atoms with Gasteiger partial charge in [-0.15, -0.1) is 0 Å². The van der Waals surface area contributed by atoms with Crippen molar-refractivity contribution < 1.29 is 18.7 Å². The third-order valence-electron chi connectivity index (χ3n) is 5.44. The number of hydrogen-bond acceptors (Lipinski definition) is 4. The number of piperidine rings is 1. The van der Waals surface area contributed by atoms with Crippen molar-refractivity contribution in [2.24, 2.45) is 11.3 Å². The zero-order chi connectivity index (χ0) is 18.9. The molecule has 1 saturated heterocycles. The second kappa shape index (κ2) is 7.33. The molecule has 1 N–H and O–H groups in total. The lowest BCUT2D eigenvalue weighted by Gasteiger charge is -2.37. The Hall–Kier alpha value is -1.98. The first-order valence-corrected chi connectivity index (χ1v) is 9.60. The normalized spacial score (nSPS) is 22.6. The van der Waals surface area contributed by atoms with Crippen molar-refractivity contribution in [1.82, 2.24) is 10.2 Å². The number of nitrogens with zero attached hydrogens (tertiary/aromatic N) is 1. The Bertz CT molecular complexity index is 671. The lowest BCUT2D eigenvalue weighted by atomic mass is 9.75. The molecule has 1 atom stereocenters. The van der Waals surface area contributed by atoms with Crippen LogP contribution >= 0.6 is 0 Å². The van der Waals surface area contributed by atoms with E-state index in [0.29, 0.717) is 32.5 Å². The monoisotopic (exact) mass is 362 g/mol. The number of esters is 1. The fourth-order valence-corrected chi connectivity index (χ4v) is 4.13. The number of hydrogen-bond donors (Lipinski definition) is 1. The van der Waals surface area contributed by atoms with Gasteiger partial charge in [-0.25, -0.2) is 4.79 Å². The summed E-state index contributed by atoms with van der Waals surface area (Å²) in [5.74, 6) is 1.66. The van der Waals surface area contributed by atoms with Crippen LogP contribution in [0.3, 0.4) is 0 Å². The molecule has 144 valence electrons. The fraction of sp³-hybridized carbons (Fsp3) is 0.700. The number of fused-ring (bicyclic) bond motifs is 1. The molecule has 2 amide bonds. The van der Waals surface area contributed by atoms with Crippen LogP contribution < -0.4 is 5.32 Å². The number of likely N-dealkylation sites (tertiary alicyclic amines) is 1. The number of nitrogens with one attached hydrogen (secondary N) is 1. The standard InChI is InChI=1S/C20H30N2O4/c1-5-25-18(23)14-6-8-22(9-7-14)19(24)21-16-11-20(3,4)12-17-15(16)10-13(2)26-17/h10,14,16H,5-9,11-12H2,1-4H3,(H,21,24). The molecule has 2 heterocycles. The van der Waals surface area contributed by atoms with Gasteiger partial charge in [-0.2, -0.15) is 0 Å². The summed E-state index contributed by atoms with van der Waals surface area (Å²) in [6.07, 6.45) is 3.12. The second-order valence-corrected chi connectivity index (χ2v) is 8.30. The van der Waals surface area contributed by atoms with Crippen LogP contribution in [0, 0.1) is 18.3 Å². The number of furan rings is 1. The molecule has 0 spiro atoms. The van der Waals surface area contributed by atoms with Gasteiger partial charge in [-0.1, -0.05) is 13.8 Å². The predicted molar refractivity (Wildman–Crippen MR) is 97.7 cm³/mol. The summed E-state index contributed by atoms with van der Waals surface area (Å²) in [4.78, 5) is 26.4. The Kier molecular flexibility index (Phi) is 5.30. The highest BCUT2D eigenvalue weighted by molar-refractivity contribution is 5.76. The van der Waals surface area contributed by atoms with Crippen molar-refractivity contribution in [3.8, 4) is 0 Å². The van der Waals surface area contributed by atoms with Crippen molar-refractivity contribution in [2.75, 3.05) is 19.7 Å². The van der Waals surface area contributed by atoms with Crippen LogP contribution in [0.2, 0.25) is 0 Å². The average Bonchev–Trinajstić information content (AvgIpc) is 2.94. The molecule has 6 heteroatoms. The van der Waals surface area contributed by atoms with E-state index in [2.05, 4.69) is 19.2 Å². The maximum Gasteiger partial charge on any atom is 0.317 e. The van der Waals surface area contributed by atoms with Crippen molar-refractivity contribution in [2.45, 2.75) is 59.4 Å². The van der Waals surface area contributed by atoms with Crippen molar-refractivity contribution in [3.05, 3.63) is 23.2 Å². The van der Waals surface area contributed by atoms with Crippen LogP contribution in [0.4, 0.5) is 4.79 Å². The molecule has 6 nitrogen and oxygen atoms in total. The van der Waals surface area contributed by atoms with Crippen LogP contribution in [-0.4, -0.2) is 36.6 Å². The van der Waals surface area contributed by atoms with Crippen LogP contribution in [0.15, 0.2) is 10.5 Å². The third kappa shape index (κ3) is 4.05. The van der Waals surface area contributed by atoms with E-state index in [1.807, 2.05) is 24.8 Å². The zero-order valence-corrected chi connectivity index (χ0v) is 16.3. The Morgan fingerprint density at radius 2 is 2.04 bits per heavy atom. The highest BCUT2D eigenvalue weighted by Crippen LogP contribution is 2.42. The Labute approximate surface area is 155 Å². The minimum atomic E-state index is -0.139. The van der Waals surface area contributed by atoms with Gasteiger partial charge in [-0.05, 0) is 44.6 Å². The van der Waals surface area contributed by atoms with Gasteiger partial charge in [0.2, 0.25) is 0 Å². The highest BCUT2D eigenvalue weighted by Gasteiger charge is 2.37. The number of carbonyl (C=O) groups excluding carboxylic acids is 2. The molecule has 2 aliphatic rings. The molecule has 1 aliphatic carbocycles. The van der Waals surface area contributed by atoms with Gasteiger partial charge in [0.15, 0.2) is 0 Å². The summed E-state index contributed by atoms with van der Waals surface area (Å²) >= 11 is 0. The quantitative estimate of drug-likeness (QED) is 0.834. The van der Waals surface area contributed by atoms with Gasteiger partial charge in [0, 0.05) is 25.1 Å². The molecule has 1 aromatic heterocycles. The summed E-state index contributed by atoms with van der Waals surface area (Å²) in [6, 6.07) is 1.96. The average molecular weight is 362 g/mol. The number of aryl methyl sites for hydroxylation is 1. The zero-order valence-electron chi connectivity index (χ0n) is 16.3. The van der Waals surface area contributed by atoms with E-state index in [1.54, 1.807) is 0 Å². The number of rotatable bonds is 3. The fourth-order valence-electron chi connectivity index (χ4n) is 4.13. The molecule has 1 unspecified atom stereocenters. The van der Waals surface area contributed by atoms with Crippen LogP contribution in [0.25, 0.3) is 0 Å². The number of ether oxygens (including phenoxy) is 1. The highest BCUT2D eigenvalue weighted by atomic mass is 16.5. The lowest BCUT2D eigenvalue weighted by molar-refractivity contribution is -0.149. The SMILES string of the molecule is CCOC(=O)C1CCN(C(=O)NC2CC(C)(C)Cc3oc(C)cc32)CC1. The first kappa shape index (κ1) is 18.8. The van der Waals surface area contributed by atoms with Crippen LogP contribution in [0.1, 0.15) is 63.2 Å². The van der Waals surface area contributed by atoms with Gasteiger partial charge >= 0.3 is 12.0 Å². The van der Waals surface area contributed by atoms with Crippen molar-refractivity contribution in [1.29, 1.82) is 0 Å². The predicted octanol–water partition coefficient (Wildman–Crippen LogP) is 3.59. The van der Waals surface area contributed by atoms with Gasteiger partial charge < -0.3 is 19.4 Å². The molecule has 3 rings (SSSR count). The van der Waals surface area contributed by atoms with E-state index >= 15 is 0 Å². The second-order valence-electron chi connectivity index (χ2n) is 8.30. The largest absolute Gasteiger partial charge is 0.466 e. The molecule has 1 aliphatic heterocycles. The Morgan fingerprint density at radius 3 is 2.69 bits per heavy atom. The van der Waals surface area contributed by atoms with Gasteiger partial charge in [-0.3, -0.25) is 4.79 Å². The Balaban J connectivity index is 1.61. The smallest absolute Gasteiger partial charge is 0.317 e. The minimum absolute atomic E-state index is 0.0264. The molecule has 1 aromatic rings. The van der Waals surface area contributed by atoms with E-state index in [9.17, 15) is 9.59 Å². The summed E-state index contributed by atoms with van der Waals surface area (Å²) in [5, 5.41) is 3.19. The molecule has 1 fully saturated rings. The van der Waals surface area contributed by atoms with E-state index in [0.717, 1.165) is 29.9 Å². The summed E-state index contributed by atoms with van der Waals surface area (Å²) in [7, 11) is 0. The molecule has 0 saturated carbocycles. The molecular formula is C20H30N2O4. The number of carbonyl (C=O) groups is 2. The van der Waals surface area contributed by atoms with E-state index < -0.39 is 0 Å². The summed E-state index contributed by atoms with van der Waals surface area (Å²) in [5.41, 5.74) is 1.20. The number of urea groups is 1. The minimum Gasteiger partial charge on any atom is -0.466 e. The van der Waals surface area contributed by atoms with E-state index in [4.69, 9.17) is 9.15 Å². The summed E-state index contributed by atoms with van der Waals surface area (Å²) in [6.45, 7) is 9.76. The third-order valence-corrected chi connectivity index (χ3v) is 5.44. The molecule has 0 bridgehead atoms. The molecule has 0 radical (unpaired) electrons. The number of amides is 2. The van der Waals surface area contributed by atoms with Crippen molar-refractivity contribution in [3.63, 3.8) is 0 Å². The maximum absolute atomic E-state index is 12.8. The molecule has 0 aromatic carbocycles. The molecular weight excluding hydrogens is 332 g/mol. The van der Waals surface area contributed by atoms with Gasteiger partial charge in [0.1, 0.15) is 11.5 Å². The van der Waals surface area contributed by atoms with Crippen molar-refractivity contribution >= 4 is 12.0 Å². The maximum atomic E-state index is 12.8. The van der Waals surface area contributed by atoms with E-state index in [1.165, 1.54) is 0 Å². The van der Waals surface area contributed by atoms with E-state index in [-0.39, 0.29) is 29.4 Å².